The molecule has 0 aliphatic heterocycles. The standard InChI is InChI=1S/C11H14BrNO2/c1-7-5-8(12)3-4-9(7)10(13)6-11(14)15-2/h3-5,10H,6,13H2,1-2H3/t10-/m0/s1. The van der Waals surface area contributed by atoms with Crippen molar-refractivity contribution in [2.45, 2.75) is 19.4 Å². The van der Waals surface area contributed by atoms with Crippen LogP contribution in [0.2, 0.25) is 0 Å². The minimum atomic E-state index is -0.300. The third-order valence-electron chi connectivity index (χ3n) is 2.25. The molecular weight excluding hydrogens is 258 g/mol. The van der Waals surface area contributed by atoms with Crippen LogP contribution in [0.15, 0.2) is 22.7 Å². The smallest absolute Gasteiger partial charge is 0.307 e. The van der Waals surface area contributed by atoms with Gasteiger partial charge in [0.1, 0.15) is 0 Å². The molecule has 1 atom stereocenters. The lowest BCUT2D eigenvalue weighted by molar-refractivity contribution is -0.141. The monoisotopic (exact) mass is 271 g/mol. The first-order chi connectivity index (χ1) is 7.04. The third-order valence-corrected chi connectivity index (χ3v) is 2.74. The molecule has 15 heavy (non-hydrogen) atoms. The Kier molecular flexibility index (Phi) is 4.29. The van der Waals surface area contributed by atoms with Crippen LogP contribution in [0.1, 0.15) is 23.6 Å². The second-order valence-electron chi connectivity index (χ2n) is 3.39. The van der Waals surface area contributed by atoms with Crippen LogP contribution in [0, 0.1) is 6.92 Å². The molecule has 0 heterocycles. The molecule has 0 fully saturated rings. The molecule has 0 aliphatic carbocycles. The molecular formula is C11H14BrNO2. The Morgan fingerprint density at radius 1 is 1.60 bits per heavy atom. The van der Waals surface area contributed by atoms with Crippen molar-refractivity contribution in [1.82, 2.24) is 0 Å². The molecule has 1 aromatic rings. The van der Waals surface area contributed by atoms with E-state index in [0.29, 0.717) is 0 Å². The van der Waals surface area contributed by atoms with Crippen LogP contribution >= 0.6 is 15.9 Å². The number of ether oxygens (including phenoxy) is 1. The zero-order chi connectivity index (χ0) is 11.4. The first kappa shape index (κ1) is 12.2. The van der Waals surface area contributed by atoms with Gasteiger partial charge >= 0.3 is 5.97 Å². The van der Waals surface area contributed by atoms with Gasteiger partial charge in [0.05, 0.1) is 13.5 Å². The topological polar surface area (TPSA) is 52.3 Å². The fourth-order valence-corrected chi connectivity index (χ4v) is 1.90. The van der Waals surface area contributed by atoms with Crippen LogP contribution in [-0.2, 0) is 9.53 Å². The van der Waals surface area contributed by atoms with E-state index >= 15 is 0 Å². The SMILES string of the molecule is COC(=O)C[C@H](N)c1ccc(Br)cc1C. The number of methoxy groups -OCH3 is 1. The van der Waals surface area contributed by atoms with Gasteiger partial charge in [0.15, 0.2) is 0 Å². The zero-order valence-electron chi connectivity index (χ0n) is 8.79. The molecule has 0 radical (unpaired) electrons. The van der Waals surface area contributed by atoms with E-state index in [9.17, 15) is 4.79 Å². The van der Waals surface area contributed by atoms with Crippen molar-refractivity contribution < 1.29 is 9.53 Å². The second kappa shape index (κ2) is 5.28. The number of carbonyl (C=O) groups excluding carboxylic acids is 1. The van der Waals surface area contributed by atoms with Crippen LogP contribution in [0.4, 0.5) is 0 Å². The summed E-state index contributed by atoms with van der Waals surface area (Å²) in [6.07, 6.45) is 0.207. The molecule has 1 rings (SSSR count). The molecule has 0 unspecified atom stereocenters. The highest BCUT2D eigenvalue weighted by Crippen LogP contribution is 2.22. The zero-order valence-corrected chi connectivity index (χ0v) is 10.4. The first-order valence-electron chi connectivity index (χ1n) is 4.63. The van der Waals surface area contributed by atoms with Gasteiger partial charge in [-0.05, 0) is 30.2 Å². The highest BCUT2D eigenvalue weighted by Gasteiger charge is 2.13. The van der Waals surface area contributed by atoms with Crippen molar-refractivity contribution >= 4 is 21.9 Å². The van der Waals surface area contributed by atoms with Crippen LogP contribution in [0.5, 0.6) is 0 Å². The molecule has 4 heteroatoms. The Morgan fingerprint density at radius 3 is 2.80 bits per heavy atom. The van der Waals surface area contributed by atoms with Crippen molar-refractivity contribution in [3.05, 3.63) is 33.8 Å². The fourth-order valence-electron chi connectivity index (χ4n) is 1.43. The predicted octanol–water partition coefficient (Wildman–Crippen LogP) is 2.32. The van der Waals surface area contributed by atoms with Crippen molar-refractivity contribution in [3.63, 3.8) is 0 Å². The summed E-state index contributed by atoms with van der Waals surface area (Å²) < 4.78 is 5.59. The highest BCUT2D eigenvalue weighted by atomic mass is 79.9. The Labute approximate surface area is 97.7 Å². The number of benzene rings is 1. The lowest BCUT2D eigenvalue weighted by Crippen LogP contribution is -2.17. The summed E-state index contributed by atoms with van der Waals surface area (Å²) in [7, 11) is 1.36. The van der Waals surface area contributed by atoms with Gasteiger partial charge in [-0.1, -0.05) is 22.0 Å². The van der Waals surface area contributed by atoms with Crippen molar-refractivity contribution in [2.24, 2.45) is 5.73 Å². The minimum absolute atomic E-state index is 0.207. The van der Waals surface area contributed by atoms with E-state index in [-0.39, 0.29) is 18.4 Å². The van der Waals surface area contributed by atoms with Crippen molar-refractivity contribution in [3.8, 4) is 0 Å². The maximum Gasteiger partial charge on any atom is 0.307 e. The summed E-state index contributed by atoms with van der Waals surface area (Å²) in [5.74, 6) is -0.287. The van der Waals surface area contributed by atoms with E-state index in [1.807, 2.05) is 25.1 Å². The summed E-state index contributed by atoms with van der Waals surface area (Å²) in [6.45, 7) is 1.97. The number of carbonyl (C=O) groups is 1. The predicted molar refractivity (Wildman–Crippen MR) is 62.4 cm³/mol. The normalized spacial score (nSPS) is 12.3. The maximum absolute atomic E-state index is 11.1. The molecule has 0 aromatic heterocycles. The molecule has 0 saturated heterocycles. The molecule has 0 bridgehead atoms. The molecule has 0 spiro atoms. The lowest BCUT2D eigenvalue weighted by atomic mass is 10.00. The molecule has 0 aliphatic rings. The second-order valence-corrected chi connectivity index (χ2v) is 4.30. The summed E-state index contributed by atoms with van der Waals surface area (Å²) >= 11 is 3.38. The Hall–Kier alpha value is -0.870. The minimum Gasteiger partial charge on any atom is -0.469 e. The molecule has 3 nitrogen and oxygen atoms in total. The number of hydrogen-bond donors (Lipinski definition) is 1. The van der Waals surface area contributed by atoms with E-state index in [1.165, 1.54) is 7.11 Å². The Bertz CT molecular complexity index is 366. The fraction of sp³-hybridized carbons (Fsp3) is 0.364. The van der Waals surface area contributed by atoms with Crippen molar-refractivity contribution in [2.75, 3.05) is 7.11 Å². The summed E-state index contributed by atoms with van der Waals surface area (Å²) in [4.78, 5) is 11.1. The number of rotatable bonds is 3. The highest BCUT2D eigenvalue weighted by molar-refractivity contribution is 9.10. The van der Waals surface area contributed by atoms with Gasteiger partial charge in [-0.3, -0.25) is 4.79 Å². The van der Waals surface area contributed by atoms with E-state index in [0.717, 1.165) is 15.6 Å². The Balaban J connectivity index is 2.82. The van der Waals surface area contributed by atoms with Crippen LogP contribution < -0.4 is 5.73 Å². The summed E-state index contributed by atoms with van der Waals surface area (Å²) in [5, 5.41) is 0. The summed E-state index contributed by atoms with van der Waals surface area (Å²) in [6, 6.07) is 5.52. The largest absolute Gasteiger partial charge is 0.469 e. The first-order valence-corrected chi connectivity index (χ1v) is 5.42. The summed E-state index contributed by atoms with van der Waals surface area (Å²) in [5.41, 5.74) is 7.95. The van der Waals surface area contributed by atoms with Gasteiger partial charge in [0.2, 0.25) is 0 Å². The van der Waals surface area contributed by atoms with Gasteiger partial charge in [0.25, 0.3) is 0 Å². The van der Waals surface area contributed by atoms with Crippen LogP contribution in [0.3, 0.4) is 0 Å². The van der Waals surface area contributed by atoms with Gasteiger partial charge in [-0.15, -0.1) is 0 Å². The molecule has 1 aromatic carbocycles. The van der Waals surface area contributed by atoms with Gasteiger partial charge < -0.3 is 10.5 Å². The van der Waals surface area contributed by atoms with E-state index in [1.54, 1.807) is 0 Å². The van der Waals surface area contributed by atoms with Crippen LogP contribution in [0.25, 0.3) is 0 Å². The van der Waals surface area contributed by atoms with Gasteiger partial charge in [-0.2, -0.15) is 0 Å². The third kappa shape index (κ3) is 3.32. The van der Waals surface area contributed by atoms with E-state index in [2.05, 4.69) is 20.7 Å². The van der Waals surface area contributed by atoms with Crippen LogP contribution in [-0.4, -0.2) is 13.1 Å². The van der Waals surface area contributed by atoms with Gasteiger partial charge in [0, 0.05) is 10.5 Å². The average molecular weight is 272 g/mol. The number of esters is 1. The number of hydrogen-bond acceptors (Lipinski definition) is 3. The molecule has 2 N–H and O–H groups in total. The number of halogens is 1. The number of aryl methyl sites for hydroxylation is 1. The van der Waals surface area contributed by atoms with E-state index < -0.39 is 0 Å². The van der Waals surface area contributed by atoms with Gasteiger partial charge in [-0.25, -0.2) is 0 Å². The Morgan fingerprint density at radius 2 is 2.27 bits per heavy atom. The number of nitrogens with two attached hydrogens (primary N) is 1. The quantitative estimate of drug-likeness (QED) is 0.859. The average Bonchev–Trinajstić information content (AvgIpc) is 2.17. The molecule has 0 amide bonds. The molecule has 0 saturated carbocycles. The lowest BCUT2D eigenvalue weighted by Gasteiger charge is -2.13. The molecule has 82 valence electrons. The maximum atomic E-state index is 11.1. The van der Waals surface area contributed by atoms with Crippen molar-refractivity contribution in [1.29, 1.82) is 0 Å². The van der Waals surface area contributed by atoms with E-state index in [4.69, 9.17) is 5.73 Å².